The Labute approximate surface area is 163 Å². The quantitative estimate of drug-likeness (QED) is 0.755. The van der Waals surface area contributed by atoms with Crippen LogP contribution in [0.5, 0.6) is 5.75 Å². The van der Waals surface area contributed by atoms with Crippen molar-refractivity contribution in [1.82, 2.24) is 14.5 Å². The fourth-order valence-corrected chi connectivity index (χ4v) is 4.86. The van der Waals surface area contributed by atoms with Crippen LogP contribution in [0.4, 0.5) is 0 Å². The van der Waals surface area contributed by atoms with Gasteiger partial charge in [0.25, 0.3) is 0 Å². The van der Waals surface area contributed by atoms with E-state index in [1.165, 1.54) is 22.9 Å². The van der Waals surface area contributed by atoms with Gasteiger partial charge < -0.3 is 18.9 Å². The average molecular weight is 388 g/mol. The maximum absolute atomic E-state index is 12.6. The Kier molecular flexibility index (Phi) is 5.14. The molecule has 0 bridgehead atoms. The van der Waals surface area contributed by atoms with Crippen LogP contribution in [-0.2, 0) is 28.6 Å². The molecule has 2 aliphatic heterocycles. The van der Waals surface area contributed by atoms with Gasteiger partial charge in [-0.15, -0.1) is 0 Å². The van der Waals surface area contributed by atoms with E-state index in [0.717, 1.165) is 49.9 Å². The number of hydrogen-bond acceptors (Lipinski definition) is 5. The number of nitrogens with zero attached hydrogens (tertiary/aromatic N) is 3. The zero-order valence-electron chi connectivity index (χ0n) is 15.8. The Balaban J connectivity index is 1.40. The number of aryl methyl sites for hydroxylation is 1. The maximum Gasteiger partial charge on any atom is 0.233 e. The molecule has 0 aliphatic carbocycles. The van der Waals surface area contributed by atoms with Crippen molar-refractivity contribution >= 4 is 17.7 Å². The fourth-order valence-electron chi connectivity index (χ4n) is 4.02. The molecule has 0 N–H and O–H groups in total. The van der Waals surface area contributed by atoms with Crippen molar-refractivity contribution in [1.29, 1.82) is 0 Å². The summed E-state index contributed by atoms with van der Waals surface area (Å²) in [4.78, 5) is 18.8. The van der Waals surface area contributed by atoms with Gasteiger partial charge >= 0.3 is 0 Å². The molecular weight excluding hydrogens is 362 g/mol. The normalized spacial score (nSPS) is 18.4. The first-order valence-electron chi connectivity index (χ1n) is 9.30. The average Bonchev–Trinajstić information content (AvgIpc) is 3.11. The van der Waals surface area contributed by atoms with Gasteiger partial charge in [0.2, 0.25) is 5.91 Å². The van der Waals surface area contributed by atoms with E-state index in [-0.39, 0.29) is 11.5 Å². The van der Waals surface area contributed by atoms with Crippen LogP contribution in [0.15, 0.2) is 35.7 Å². The molecule has 6 nitrogen and oxygen atoms in total. The van der Waals surface area contributed by atoms with Crippen molar-refractivity contribution < 1.29 is 14.3 Å². The number of rotatable bonds is 4. The third-order valence-electron chi connectivity index (χ3n) is 5.58. The molecule has 0 unspecified atom stereocenters. The predicted octanol–water partition coefficient (Wildman–Crippen LogP) is 2.61. The number of imidazole rings is 1. The summed E-state index contributed by atoms with van der Waals surface area (Å²) in [6.07, 6.45) is 6.24. The number of hydrogen-bond donors (Lipinski definition) is 0. The molecule has 3 heterocycles. The zero-order valence-corrected chi connectivity index (χ0v) is 16.6. The monoisotopic (exact) mass is 387 g/mol. The van der Waals surface area contributed by atoms with Gasteiger partial charge in [-0.3, -0.25) is 4.79 Å². The Morgan fingerprint density at radius 3 is 2.89 bits per heavy atom. The minimum atomic E-state index is -0.260. The van der Waals surface area contributed by atoms with Crippen LogP contribution in [0, 0.1) is 0 Å². The first-order chi connectivity index (χ1) is 13.1. The Morgan fingerprint density at radius 1 is 1.37 bits per heavy atom. The first kappa shape index (κ1) is 18.4. The lowest BCUT2D eigenvalue weighted by molar-refractivity contribution is -0.138. The van der Waals surface area contributed by atoms with Crippen LogP contribution in [0.1, 0.15) is 24.0 Å². The van der Waals surface area contributed by atoms with Crippen LogP contribution in [0.2, 0.25) is 0 Å². The lowest BCUT2D eigenvalue weighted by atomic mass is 9.79. The van der Waals surface area contributed by atoms with E-state index in [9.17, 15) is 4.79 Å². The number of amides is 1. The molecule has 1 aromatic heterocycles. The first-order valence-corrected chi connectivity index (χ1v) is 10.3. The van der Waals surface area contributed by atoms with E-state index in [1.807, 2.05) is 28.8 Å². The molecule has 27 heavy (non-hydrogen) atoms. The largest absolute Gasteiger partial charge is 0.497 e. The van der Waals surface area contributed by atoms with Crippen molar-refractivity contribution in [2.24, 2.45) is 7.05 Å². The summed E-state index contributed by atoms with van der Waals surface area (Å²) >= 11 is 1.49. The fraction of sp³-hybridized carbons (Fsp3) is 0.500. The molecule has 0 atom stereocenters. The standard InChI is InChI=1S/C20H25N3O3S/c1-22-11-8-21-19(22)27-14-18(24)23-9-6-20(7-10-23)17-4-3-16(25-2)13-15(17)5-12-26-20/h3-4,8,11,13H,5-7,9-10,12,14H2,1-2H3. The highest BCUT2D eigenvalue weighted by molar-refractivity contribution is 7.99. The minimum absolute atomic E-state index is 0.170. The van der Waals surface area contributed by atoms with Crippen LogP contribution in [0.3, 0.4) is 0 Å². The summed E-state index contributed by atoms with van der Waals surface area (Å²) in [6.45, 7) is 2.18. The smallest absolute Gasteiger partial charge is 0.233 e. The number of ether oxygens (including phenoxy) is 2. The number of carbonyl (C=O) groups excluding carboxylic acids is 1. The molecule has 2 aromatic rings. The van der Waals surface area contributed by atoms with Gasteiger partial charge in [0.15, 0.2) is 5.16 Å². The van der Waals surface area contributed by atoms with Gasteiger partial charge in [-0.05, 0) is 42.5 Å². The second-order valence-electron chi connectivity index (χ2n) is 7.11. The Hall–Kier alpha value is -1.99. The Bertz CT molecular complexity index is 828. The number of benzene rings is 1. The van der Waals surface area contributed by atoms with Gasteiger partial charge in [0.1, 0.15) is 5.75 Å². The number of piperidine rings is 1. The minimum Gasteiger partial charge on any atom is -0.497 e. The molecular formula is C20H25N3O3S. The lowest BCUT2D eigenvalue weighted by Crippen LogP contribution is -2.48. The lowest BCUT2D eigenvalue weighted by Gasteiger charge is -2.45. The molecule has 1 aromatic carbocycles. The van der Waals surface area contributed by atoms with Gasteiger partial charge in [0, 0.05) is 32.5 Å². The molecule has 0 saturated carbocycles. The van der Waals surface area contributed by atoms with E-state index in [2.05, 4.69) is 17.1 Å². The molecule has 2 aliphatic rings. The van der Waals surface area contributed by atoms with Gasteiger partial charge in [-0.25, -0.2) is 4.98 Å². The third kappa shape index (κ3) is 3.58. The maximum atomic E-state index is 12.6. The highest BCUT2D eigenvalue weighted by Gasteiger charge is 2.41. The van der Waals surface area contributed by atoms with Crippen LogP contribution < -0.4 is 4.74 Å². The van der Waals surface area contributed by atoms with Crippen LogP contribution in [0.25, 0.3) is 0 Å². The topological polar surface area (TPSA) is 56.6 Å². The number of likely N-dealkylation sites (tertiary alicyclic amines) is 1. The number of aromatic nitrogens is 2. The second kappa shape index (κ2) is 7.56. The number of thioether (sulfide) groups is 1. The SMILES string of the molecule is COc1ccc2c(c1)CCOC21CCN(C(=O)CSc2nccn2C)CC1. The number of carbonyl (C=O) groups is 1. The summed E-state index contributed by atoms with van der Waals surface area (Å²) in [7, 11) is 3.64. The number of fused-ring (bicyclic) bond motifs is 2. The molecule has 4 rings (SSSR count). The van der Waals surface area contributed by atoms with Crippen LogP contribution >= 0.6 is 11.8 Å². The highest BCUT2D eigenvalue weighted by Crippen LogP contribution is 2.42. The van der Waals surface area contributed by atoms with Gasteiger partial charge in [-0.2, -0.15) is 0 Å². The summed E-state index contributed by atoms with van der Waals surface area (Å²) in [5.41, 5.74) is 2.32. The predicted molar refractivity (Wildman–Crippen MR) is 104 cm³/mol. The molecule has 7 heteroatoms. The number of methoxy groups -OCH3 is 1. The Morgan fingerprint density at radius 2 is 2.19 bits per heavy atom. The third-order valence-corrected chi connectivity index (χ3v) is 6.62. The van der Waals surface area contributed by atoms with Crippen molar-refractivity contribution in [3.63, 3.8) is 0 Å². The van der Waals surface area contributed by atoms with Gasteiger partial charge in [0.05, 0.1) is 25.1 Å². The van der Waals surface area contributed by atoms with Gasteiger partial charge in [-0.1, -0.05) is 17.8 Å². The van der Waals surface area contributed by atoms with Crippen molar-refractivity contribution in [3.05, 3.63) is 41.7 Å². The van der Waals surface area contributed by atoms with Crippen LogP contribution in [-0.4, -0.2) is 52.9 Å². The van der Waals surface area contributed by atoms with E-state index in [1.54, 1.807) is 13.3 Å². The highest BCUT2D eigenvalue weighted by atomic mass is 32.2. The summed E-state index contributed by atoms with van der Waals surface area (Å²) in [5, 5.41) is 0.871. The van der Waals surface area contributed by atoms with E-state index in [4.69, 9.17) is 9.47 Å². The van der Waals surface area contributed by atoms with E-state index in [0.29, 0.717) is 5.75 Å². The molecule has 1 fully saturated rings. The van der Waals surface area contributed by atoms with E-state index >= 15 is 0 Å². The molecule has 1 saturated heterocycles. The zero-order chi connectivity index (χ0) is 18.9. The van der Waals surface area contributed by atoms with Crippen molar-refractivity contribution in [3.8, 4) is 5.75 Å². The van der Waals surface area contributed by atoms with E-state index < -0.39 is 0 Å². The molecule has 144 valence electrons. The molecule has 1 spiro atoms. The molecule has 0 radical (unpaired) electrons. The second-order valence-corrected chi connectivity index (χ2v) is 8.05. The summed E-state index contributed by atoms with van der Waals surface area (Å²) in [5.74, 6) is 1.49. The summed E-state index contributed by atoms with van der Waals surface area (Å²) in [6, 6.07) is 6.28. The molecule has 1 amide bonds. The van der Waals surface area contributed by atoms with Crippen molar-refractivity contribution in [2.75, 3.05) is 32.6 Å². The van der Waals surface area contributed by atoms with Crippen molar-refractivity contribution in [2.45, 2.75) is 30.0 Å². The summed E-state index contributed by atoms with van der Waals surface area (Å²) < 4.78 is 13.6.